The highest BCUT2D eigenvalue weighted by molar-refractivity contribution is 7.80. The summed E-state index contributed by atoms with van der Waals surface area (Å²) in [5.41, 5.74) is 0.459. The predicted octanol–water partition coefficient (Wildman–Crippen LogP) is 2.31. The average Bonchev–Trinajstić information content (AvgIpc) is 2.18. The molecule has 1 aromatic carbocycles. The molecule has 0 spiro atoms. The summed E-state index contributed by atoms with van der Waals surface area (Å²) in [5, 5.41) is 0. The van der Waals surface area contributed by atoms with Crippen molar-refractivity contribution < 1.29 is 9.18 Å². The van der Waals surface area contributed by atoms with Gasteiger partial charge in [-0.2, -0.15) is 12.6 Å². The van der Waals surface area contributed by atoms with Crippen LogP contribution < -0.4 is 0 Å². The minimum absolute atomic E-state index is 0.0270. The molecule has 0 aliphatic carbocycles. The van der Waals surface area contributed by atoms with Gasteiger partial charge >= 0.3 is 0 Å². The van der Waals surface area contributed by atoms with E-state index in [9.17, 15) is 9.18 Å². The standard InChI is InChI=1S/C11H9FOS/c12-11-6-3-5-9(10(11)8-13)4-1-2-7-14/h3,5-6,8,14H,2,7H2. The third-order valence-corrected chi connectivity index (χ3v) is 1.85. The molecule has 0 heterocycles. The highest BCUT2D eigenvalue weighted by Gasteiger charge is 2.03. The Hall–Kier alpha value is -1.27. The third-order valence-electron chi connectivity index (χ3n) is 1.63. The van der Waals surface area contributed by atoms with Gasteiger partial charge in [-0.3, -0.25) is 4.79 Å². The molecule has 0 aliphatic rings. The van der Waals surface area contributed by atoms with E-state index in [-0.39, 0.29) is 5.56 Å². The number of hydrogen-bond acceptors (Lipinski definition) is 2. The number of halogens is 1. The van der Waals surface area contributed by atoms with Crippen LogP contribution in [0.25, 0.3) is 0 Å². The Labute approximate surface area is 87.7 Å². The fourth-order valence-corrected chi connectivity index (χ4v) is 1.09. The molecular weight excluding hydrogens is 199 g/mol. The summed E-state index contributed by atoms with van der Waals surface area (Å²) in [7, 11) is 0. The van der Waals surface area contributed by atoms with Crippen LogP contribution in [0.2, 0.25) is 0 Å². The molecule has 0 unspecified atom stereocenters. The second-order valence-electron chi connectivity index (χ2n) is 2.59. The molecule has 0 amide bonds. The molecular formula is C11H9FOS. The summed E-state index contributed by atoms with van der Waals surface area (Å²) in [6.45, 7) is 0. The van der Waals surface area contributed by atoms with E-state index in [0.29, 0.717) is 24.0 Å². The SMILES string of the molecule is O=Cc1c(F)cccc1C#CCCS. The zero-order chi connectivity index (χ0) is 10.4. The van der Waals surface area contributed by atoms with E-state index in [1.54, 1.807) is 6.07 Å². The maximum atomic E-state index is 13.0. The largest absolute Gasteiger partial charge is 0.298 e. The van der Waals surface area contributed by atoms with Crippen molar-refractivity contribution in [3.05, 3.63) is 35.1 Å². The van der Waals surface area contributed by atoms with Crippen molar-refractivity contribution >= 4 is 18.9 Å². The Balaban J connectivity index is 3.04. The molecule has 0 atom stereocenters. The smallest absolute Gasteiger partial charge is 0.154 e. The topological polar surface area (TPSA) is 17.1 Å². The maximum absolute atomic E-state index is 13.0. The molecule has 1 aromatic rings. The van der Waals surface area contributed by atoms with E-state index >= 15 is 0 Å². The van der Waals surface area contributed by atoms with Crippen LogP contribution in [-0.4, -0.2) is 12.0 Å². The Morgan fingerprint density at radius 3 is 2.93 bits per heavy atom. The van der Waals surface area contributed by atoms with Gasteiger partial charge in [0.2, 0.25) is 0 Å². The van der Waals surface area contributed by atoms with Gasteiger partial charge < -0.3 is 0 Å². The summed E-state index contributed by atoms with van der Waals surface area (Å²) >= 11 is 3.99. The van der Waals surface area contributed by atoms with Gasteiger partial charge in [0.1, 0.15) is 5.82 Å². The molecule has 1 rings (SSSR count). The predicted molar refractivity (Wildman–Crippen MR) is 57.1 cm³/mol. The lowest BCUT2D eigenvalue weighted by molar-refractivity contribution is 0.111. The van der Waals surface area contributed by atoms with Gasteiger partial charge in [0.05, 0.1) is 5.56 Å². The first-order valence-electron chi connectivity index (χ1n) is 4.13. The normalized spacial score (nSPS) is 9.00. The quantitative estimate of drug-likeness (QED) is 0.448. The molecule has 0 saturated carbocycles. The first-order valence-corrected chi connectivity index (χ1v) is 4.76. The van der Waals surface area contributed by atoms with Gasteiger partial charge in [0.25, 0.3) is 0 Å². The molecule has 0 radical (unpaired) electrons. The van der Waals surface area contributed by atoms with Crippen LogP contribution in [0.15, 0.2) is 18.2 Å². The summed E-state index contributed by atoms with van der Waals surface area (Å²) < 4.78 is 13.0. The van der Waals surface area contributed by atoms with Crippen molar-refractivity contribution in [3.8, 4) is 11.8 Å². The molecule has 14 heavy (non-hydrogen) atoms. The first-order chi connectivity index (χ1) is 6.79. The molecule has 3 heteroatoms. The Bertz CT molecular complexity index is 390. The number of thiol groups is 1. The van der Waals surface area contributed by atoms with Crippen molar-refractivity contribution in [2.24, 2.45) is 0 Å². The second kappa shape index (κ2) is 5.46. The van der Waals surface area contributed by atoms with Gasteiger partial charge in [-0.15, -0.1) is 0 Å². The second-order valence-corrected chi connectivity index (χ2v) is 3.04. The van der Waals surface area contributed by atoms with Crippen LogP contribution in [-0.2, 0) is 0 Å². The summed E-state index contributed by atoms with van der Waals surface area (Å²) in [6, 6.07) is 4.40. The highest BCUT2D eigenvalue weighted by Crippen LogP contribution is 2.09. The first kappa shape index (κ1) is 10.8. The number of carbonyl (C=O) groups excluding carboxylic acids is 1. The van der Waals surface area contributed by atoms with Gasteiger partial charge in [0.15, 0.2) is 6.29 Å². The van der Waals surface area contributed by atoms with Gasteiger partial charge in [-0.05, 0) is 12.1 Å². The lowest BCUT2D eigenvalue weighted by Gasteiger charge is -1.96. The number of aldehydes is 1. The molecule has 0 saturated heterocycles. The molecule has 72 valence electrons. The van der Waals surface area contributed by atoms with E-state index in [0.717, 1.165) is 0 Å². The molecule has 0 aliphatic heterocycles. The summed E-state index contributed by atoms with van der Waals surface area (Å²) in [5.74, 6) is 5.66. The van der Waals surface area contributed by atoms with Crippen LogP contribution in [0.4, 0.5) is 4.39 Å². The van der Waals surface area contributed by atoms with E-state index in [4.69, 9.17) is 0 Å². The van der Waals surface area contributed by atoms with Crippen LogP contribution in [0, 0.1) is 17.7 Å². The number of rotatable bonds is 2. The molecule has 0 N–H and O–H groups in total. The van der Waals surface area contributed by atoms with Crippen molar-refractivity contribution in [2.45, 2.75) is 6.42 Å². The van der Waals surface area contributed by atoms with Crippen LogP contribution in [0.1, 0.15) is 22.3 Å². The minimum atomic E-state index is -0.530. The number of carbonyl (C=O) groups is 1. The van der Waals surface area contributed by atoms with E-state index in [1.807, 2.05) is 0 Å². The minimum Gasteiger partial charge on any atom is -0.298 e. The van der Waals surface area contributed by atoms with Crippen molar-refractivity contribution in [1.29, 1.82) is 0 Å². The van der Waals surface area contributed by atoms with E-state index in [1.165, 1.54) is 12.1 Å². The Morgan fingerprint density at radius 2 is 2.29 bits per heavy atom. The van der Waals surface area contributed by atoms with Crippen LogP contribution >= 0.6 is 12.6 Å². The van der Waals surface area contributed by atoms with E-state index in [2.05, 4.69) is 24.5 Å². The lowest BCUT2D eigenvalue weighted by Crippen LogP contribution is -1.92. The molecule has 0 bridgehead atoms. The fourth-order valence-electron chi connectivity index (χ4n) is 0.979. The van der Waals surface area contributed by atoms with E-state index < -0.39 is 5.82 Å². The summed E-state index contributed by atoms with van der Waals surface area (Å²) in [4.78, 5) is 10.6. The third kappa shape index (κ3) is 2.61. The monoisotopic (exact) mass is 208 g/mol. The van der Waals surface area contributed by atoms with Gasteiger partial charge in [-0.1, -0.05) is 17.9 Å². The number of benzene rings is 1. The van der Waals surface area contributed by atoms with Crippen LogP contribution in [0.3, 0.4) is 0 Å². The lowest BCUT2D eigenvalue weighted by atomic mass is 10.1. The van der Waals surface area contributed by atoms with Crippen molar-refractivity contribution in [1.82, 2.24) is 0 Å². The maximum Gasteiger partial charge on any atom is 0.154 e. The van der Waals surface area contributed by atoms with Gasteiger partial charge in [0, 0.05) is 17.7 Å². The van der Waals surface area contributed by atoms with Gasteiger partial charge in [-0.25, -0.2) is 4.39 Å². The zero-order valence-corrected chi connectivity index (χ0v) is 8.35. The summed E-state index contributed by atoms with van der Waals surface area (Å²) in [6.07, 6.45) is 1.11. The van der Waals surface area contributed by atoms with Crippen LogP contribution in [0.5, 0.6) is 0 Å². The average molecular weight is 208 g/mol. The molecule has 1 nitrogen and oxygen atoms in total. The molecule has 0 fully saturated rings. The van der Waals surface area contributed by atoms with Crippen molar-refractivity contribution in [2.75, 3.05) is 5.75 Å². The number of hydrogen-bond donors (Lipinski definition) is 1. The fraction of sp³-hybridized carbons (Fsp3) is 0.182. The molecule has 0 aromatic heterocycles. The Kier molecular flexibility index (Phi) is 4.21. The highest BCUT2D eigenvalue weighted by atomic mass is 32.1. The Morgan fingerprint density at radius 1 is 1.50 bits per heavy atom. The zero-order valence-electron chi connectivity index (χ0n) is 7.46. The van der Waals surface area contributed by atoms with Crippen molar-refractivity contribution in [3.63, 3.8) is 0 Å².